The van der Waals surface area contributed by atoms with Gasteiger partial charge in [-0.05, 0) is 36.8 Å². The van der Waals surface area contributed by atoms with Gasteiger partial charge in [-0.1, -0.05) is 18.2 Å². The summed E-state index contributed by atoms with van der Waals surface area (Å²) in [5.74, 6) is -0.166. The van der Waals surface area contributed by atoms with Gasteiger partial charge >= 0.3 is 0 Å². The second-order valence-electron chi connectivity index (χ2n) is 5.99. The largest absolute Gasteiger partial charge is 0.497 e. The predicted molar refractivity (Wildman–Crippen MR) is 92.5 cm³/mol. The van der Waals surface area contributed by atoms with Crippen molar-refractivity contribution in [1.82, 2.24) is 5.32 Å². The van der Waals surface area contributed by atoms with Crippen LogP contribution in [-0.4, -0.2) is 32.1 Å². The first-order valence-corrected chi connectivity index (χ1v) is 8.15. The number of carbonyl (C=O) groups excluding carboxylic acids is 1. The third kappa shape index (κ3) is 3.90. The number of alkyl halides is 2. The second-order valence-corrected chi connectivity index (χ2v) is 5.99. The lowest BCUT2D eigenvalue weighted by Crippen LogP contribution is -2.37. The van der Waals surface area contributed by atoms with E-state index in [-0.39, 0.29) is 17.2 Å². The molecule has 0 bridgehead atoms. The predicted octanol–water partition coefficient (Wildman–Crippen LogP) is 3.64. The average molecular weight is 346 g/mol. The number of nitrogens with one attached hydrogen (secondary N) is 1. The highest BCUT2D eigenvalue weighted by molar-refractivity contribution is 5.96. The molecule has 0 aliphatic carbocycles. The van der Waals surface area contributed by atoms with Gasteiger partial charge < -0.3 is 15.0 Å². The van der Waals surface area contributed by atoms with Gasteiger partial charge in [0.15, 0.2) is 0 Å². The van der Waals surface area contributed by atoms with E-state index < -0.39 is 12.3 Å². The molecule has 1 fully saturated rings. The molecule has 1 aliphatic rings. The minimum atomic E-state index is -2.74. The Morgan fingerprint density at radius 3 is 2.68 bits per heavy atom. The molecule has 0 saturated carbocycles. The molecule has 0 aromatic heterocycles. The van der Waals surface area contributed by atoms with Gasteiger partial charge in [0.2, 0.25) is 0 Å². The highest BCUT2D eigenvalue weighted by atomic mass is 19.3. The highest BCUT2D eigenvalue weighted by Gasteiger charge is 2.26. The Labute approximate surface area is 145 Å². The number of hydrogen-bond acceptors (Lipinski definition) is 3. The fourth-order valence-electron chi connectivity index (χ4n) is 3.07. The fourth-order valence-corrected chi connectivity index (χ4v) is 3.07. The first kappa shape index (κ1) is 17.2. The smallest absolute Gasteiger partial charge is 0.264 e. The van der Waals surface area contributed by atoms with Crippen molar-refractivity contribution in [2.45, 2.75) is 18.9 Å². The van der Waals surface area contributed by atoms with E-state index in [1.54, 1.807) is 0 Å². The lowest BCUT2D eigenvalue weighted by molar-refractivity contribution is 0.0926. The van der Waals surface area contributed by atoms with E-state index in [4.69, 9.17) is 4.74 Å². The zero-order valence-electron chi connectivity index (χ0n) is 13.9. The number of para-hydroxylation sites is 1. The second kappa shape index (κ2) is 7.51. The Morgan fingerprint density at radius 2 is 2.00 bits per heavy atom. The Balaban J connectivity index is 1.69. The highest BCUT2D eigenvalue weighted by Crippen LogP contribution is 2.27. The van der Waals surface area contributed by atoms with Crippen molar-refractivity contribution in [2.24, 2.45) is 0 Å². The molecule has 1 saturated heterocycles. The van der Waals surface area contributed by atoms with Crippen molar-refractivity contribution in [1.29, 1.82) is 0 Å². The summed E-state index contributed by atoms with van der Waals surface area (Å²) in [6, 6.07) is 14.0. The molecule has 132 valence electrons. The zero-order chi connectivity index (χ0) is 17.8. The molecule has 2 aromatic rings. The maximum Gasteiger partial charge on any atom is 0.264 e. The number of nitrogens with zero attached hydrogens (tertiary/aromatic N) is 1. The van der Waals surface area contributed by atoms with E-state index in [1.807, 2.05) is 30.3 Å². The van der Waals surface area contributed by atoms with Crippen molar-refractivity contribution in [2.75, 3.05) is 25.1 Å². The van der Waals surface area contributed by atoms with E-state index in [0.29, 0.717) is 12.3 Å². The minimum absolute atomic E-state index is 0.00559. The standard InChI is InChI=1S/C19H20F2N2O2/c1-25-15-7-8-16(17(11-15)18(20)21)19(24)22-13-9-10-23(12-13)14-5-3-2-4-6-14/h2-8,11,13,18H,9-10,12H2,1H3,(H,22,24). The van der Waals surface area contributed by atoms with Crippen molar-refractivity contribution >= 4 is 11.6 Å². The molecule has 1 atom stereocenters. The number of methoxy groups -OCH3 is 1. The molecule has 2 aromatic carbocycles. The summed E-state index contributed by atoms with van der Waals surface area (Å²) < 4.78 is 31.5. The first-order chi connectivity index (χ1) is 12.1. The van der Waals surface area contributed by atoms with Crippen LogP contribution in [0.3, 0.4) is 0 Å². The number of benzene rings is 2. The van der Waals surface area contributed by atoms with Crippen LogP contribution in [0.25, 0.3) is 0 Å². The Morgan fingerprint density at radius 1 is 1.24 bits per heavy atom. The molecule has 1 aliphatic heterocycles. The number of rotatable bonds is 5. The number of anilines is 1. The van der Waals surface area contributed by atoms with E-state index in [9.17, 15) is 13.6 Å². The maximum absolute atomic E-state index is 13.3. The SMILES string of the molecule is COc1ccc(C(=O)NC2CCN(c3ccccc3)C2)c(C(F)F)c1. The van der Waals surface area contributed by atoms with Gasteiger partial charge in [0, 0.05) is 35.9 Å². The molecule has 1 unspecified atom stereocenters. The molecule has 1 amide bonds. The Bertz CT molecular complexity index is 737. The lowest BCUT2D eigenvalue weighted by atomic mass is 10.1. The normalized spacial score (nSPS) is 17.0. The number of hydrogen-bond donors (Lipinski definition) is 1. The monoisotopic (exact) mass is 346 g/mol. The van der Waals surface area contributed by atoms with Gasteiger partial charge in [0.1, 0.15) is 5.75 Å². The molecule has 3 rings (SSSR count). The number of amides is 1. The summed E-state index contributed by atoms with van der Waals surface area (Å²) in [4.78, 5) is 14.6. The van der Waals surface area contributed by atoms with Crippen LogP contribution in [0.5, 0.6) is 5.75 Å². The Hall–Kier alpha value is -2.63. The Kier molecular flexibility index (Phi) is 5.16. The van der Waals surface area contributed by atoms with Crippen LogP contribution in [0.15, 0.2) is 48.5 Å². The van der Waals surface area contributed by atoms with Crippen LogP contribution in [0.2, 0.25) is 0 Å². The molecular weight excluding hydrogens is 326 g/mol. The molecule has 1 N–H and O–H groups in total. The van der Waals surface area contributed by atoms with Gasteiger partial charge in [-0.3, -0.25) is 4.79 Å². The zero-order valence-corrected chi connectivity index (χ0v) is 13.9. The number of halogens is 2. The van der Waals surface area contributed by atoms with Crippen molar-refractivity contribution in [3.8, 4) is 5.75 Å². The molecule has 4 nitrogen and oxygen atoms in total. The molecule has 25 heavy (non-hydrogen) atoms. The van der Waals surface area contributed by atoms with E-state index in [1.165, 1.54) is 25.3 Å². The van der Waals surface area contributed by atoms with Crippen LogP contribution in [0.4, 0.5) is 14.5 Å². The summed E-state index contributed by atoms with van der Waals surface area (Å²) in [6.45, 7) is 1.48. The topological polar surface area (TPSA) is 41.6 Å². The van der Waals surface area contributed by atoms with Gasteiger partial charge in [-0.25, -0.2) is 8.78 Å². The van der Waals surface area contributed by atoms with Crippen molar-refractivity contribution in [3.05, 3.63) is 59.7 Å². The van der Waals surface area contributed by atoms with E-state index in [0.717, 1.165) is 18.7 Å². The minimum Gasteiger partial charge on any atom is -0.497 e. The summed E-state index contributed by atoms with van der Waals surface area (Å²) in [7, 11) is 1.40. The number of ether oxygens (including phenoxy) is 1. The third-order valence-electron chi connectivity index (χ3n) is 4.38. The first-order valence-electron chi connectivity index (χ1n) is 8.15. The van der Waals surface area contributed by atoms with Crippen molar-refractivity contribution < 1.29 is 18.3 Å². The van der Waals surface area contributed by atoms with Gasteiger partial charge in [-0.2, -0.15) is 0 Å². The van der Waals surface area contributed by atoms with Crippen LogP contribution < -0.4 is 15.0 Å². The van der Waals surface area contributed by atoms with Gasteiger partial charge in [0.05, 0.1) is 7.11 Å². The van der Waals surface area contributed by atoms with Crippen LogP contribution in [-0.2, 0) is 0 Å². The quantitative estimate of drug-likeness (QED) is 0.899. The van der Waals surface area contributed by atoms with Gasteiger partial charge in [-0.15, -0.1) is 0 Å². The average Bonchev–Trinajstić information content (AvgIpc) is 3.10. The molecule has 0 radical (unpaired) electrons. The van der Waals surface area contributed by atoms with Crippen LogP contribution in [0, 0.1) is 0 Å². The fraction of sp³-hybridized carbons (Fsp3) is 0.316. The van der Waals surface area contributed by atoms with Crippen LogP contribution >= 0.6 is 0 Å². The van der Waals surface area contributed by atoms with Crippen molar-refractivity contribution in [3.63, 3.8) is 0 Å². The van der Waals surface area contributed by atoms with Gasteiger partial charge in [0.25, 0.3) is 12.3 Å². The molecular formula is C19H20F2N2O2. The van der Waals surface area contributed by atoms with Crippen LogP contribution in [0.1, 0.15) is 28.8 Å². The molecule has 6 heteroatoms. The maximum atomic E-state index is 13.3. The summed E-state index contributed by atoms with van der Waals surface area (Å²) in [5, 5.41) is 2.87. The molecule has 1 heterocycles. The summed E-state index contributed by atoms with van der Waals surface area (Å²) in [5.41, 5.74) is 0.778. The third-order valence-corrected chi connectivity index (χ3v) is 4.38. The molecule has 0 spiro atoms. The number of carbonyl (C=O) groups is 1. The van der Waals surface area contributed by atoms with E-state index in [2.05, 4.69) is 10.2 Å². The van der Waals surface area contributed by atoms with E-state index >= 15 is 0 Å². The summed E-state index contributed by atoms with van der Waals surface area (Å²) in [6.07, 6.45) is -1.96. The lowest BCUT2D eigenvalue weighted by Gasteiger charge is -2.19. The summed E-state index contributed by atoms with van der Waals surface area (Å²) >= 11 is 0.